The molecule has 2 heterocycles. The second-order valence-corrected chi connectivity index (χ2v) is 13.5. The van der Waals surface area contributed by atoms with Crippen molar-refractivity contribution in [3.8, 4) is 0 Å². The van der Waals surface area contributed by atoms with Crippen molar-refractivity contribution in [3.63, 3.8) is 0 Å². The molecule has 1 atom stereocenters. The summed E-state index contributed by atoms with van der Waals surface area (Å²) in [6.45, 7) is 1.25. The Hall–Kier alpha value is -1.90. The number of morpholine rings is 1. The van der Waals surface area contributed by atoms with Gasteiger partial charge in [0.2, 0.25) is 10.0 Å². The highest BCUT2D eigenvalue weighted by atomic mass is 35.5. The van der Waals surface area contributed by atoms with Crippen LogP contribution in [0.1, 0.15) is 11.8 Å². The highest BCUT2D eigenvalue weighted by Crippen LogP contribution is 2.32. The molecule has 188 valence electrons. The number of ether oxygens (including phenoxy) is 1. The van der Waals surface area contributed by atoms with E-state index >= 15 is 0 Å². The van der Waals surface area contributed by atoms with E-state index in [4.69, 9.17) is 27.9 Å². The number of thiophene rings is 1. The molecule has 14 heteroatoms. The molecule has 3 aromatic rings. The first kappa shape index (κ1) is 26.2. The lowest BCUT2D eigenvalue weighted by Crippen LogP contribution is -2.40. The monoisotopic (exact) mass is 577 g/mol. The van der Waals surface area contributed by atoms with Gasteiger partial charge in [-0.1, -0.05) is 23.2 Å². The van der Waals surface area contributed by atoms with E-state index in [1.165, 1.54) is 58.9 Å². The molecule has 2 aromatic carbocycles. The number of sulfonamides is 2. The van der Waals surface area contributed by atoms with E-state index in [0.717, 1.165) is 11.3 Å². The molecule has 1 unspecified atom stereocenters. The van der Waals surface area contributed by atoms with Crippen LogP contribution in [-0.4, -0.2) is 52.6 Å². The molecule has 1 aliphatic rings. The standard InChI is InChI=1S/C21H21Cl2N3O6S3/c22-14-1-6-18(25-34(28,29)20-8-7-19(23)33-20)17(13-14)21(27)24-15-2-4-16(5-3-15)35(30,31)26-9-11-32-12-10-26/h1-8,13,21,24-25,27H,9-12H2. The van der Waals surface area contributed by atoms with Crippen LogP contribution >= 0.6 is 34.5 Å². The minimum absolute atomic E-state index is 0.0166. The highest BCUT2D eigenvalue weighted by Gasteiger charge is 2.26. The zero-order chi connectivity index (χ0) is 25.2. The molecule has 0 saturated carbocycles. The van der Waals surface area contributed by atoms with Crippen LogP contribution in [0.3, 0.4) is 0 Å². The SMILES string of the molecule is O=S(=O)(Nc1ccc(Cl)cc1C(O)Nc1ccc(S(=O)(=O)N2CCOCC2)cc1)c1ccc(Cl)s1. The van der Waals surface area contributed by atoms with Crippen molar-refractivity contribution in [2.45, 2.75) is 15.3 Å². The van der Waals surface area contributed by atoms with Gasteiger partial charge in [-0.25, -0.2) is 16.8 Å². The van der Waals surface area contributed by atoms with Gasteiger partial charge in [-0.2, -0.15) is 4.31 Å². The fourth-order valence-electron chi connectivity index (χ4n) is 3.38. The summed E-state index contributed by atoms with van der Waals surface area (Å²) in [6, 6.07) is 13.1. The Kier molecular flexibility index (Phi) is 7.93. The largest absolute Gasteiger partial charge is 0.379 e. The lowest BCUT2D eigenvalue weighted by Gasteiger charge is -2.26. The Morgan fingerprint density at radius 1 is 0.971 bits per heavy atom. The zero-order valence-corrected chi connectivity index (χ0v) is 22.0. The number of benzene rings is 2. The van der Waals surface area contributed by atoms with Gasteiger partial charge in [-0.05, 0) is 54.6 Å². The number of anilines is 2. The van der Waals surface area contributed by atoms with E-state index in [1.807, 2.05) is 0 Å². The number of aliphatic hydroxyl groups is 1. The van der Waals surface area contributed by atoms with Crippen LogP contribution in [0.5, 0.6) is 0 Å². The van der Waals surface area contributed by atoms with Gasteiger partial charge in [0.05, 0.1) is 28.1 Å². The third-order valence-corrected chi connectivity index (χ3v) is 10.4. The van der Waals surface area contributed by atoms with Gasteiger partial charge in [-0.3, -0.25) is 4.72 Å². The quantitative estimate of drug-likeness (QED) is 0.346. The molecule has 0 aliphatic carbocycles. The van der Waals surface area contributed by atoms with E-state index in [9.17, 15) is 21.9 Å². The molecule has 1 saturated heterocycles. The lowest BCUT2D eigenvalue weighted by molar-refractivity contribution is 0.0730. The molecular formula is C21H21Cl2N3O6S3. The summed E-state index contributed by atoms with van der Waals surface area (Å²) in [4.78, 5) is 0.116. The highest BCUT2D eigenvalue weighted by molar-refractivity contribution is 7.94. The van der Waals surface area contributed by atoms with Gasteiger partial charge in [0.25, 0.3) is 10.0 Å². The van der Waals surface area contributed by atoms with Crippen molar-refractivity contribution in [2.24, 2.45) is 0 Å². The van der Waals surface area contributed by atoms with Gasteiger partial charge in [0, 0.05) is 29.4 Å². The topological polar surface area (TPSA) is 125 Å². The zero-order valence-electron chi connectivity index (χ0n) is 18.0. The fourth-order valence-corrected chi connectivity index (χ4v) is 7.54. The fraction of sp³-hybridized carbons (Fsp3) is 0.238. The van der Waals surface area contributed by atoms with E-state index in [-0.39, 0.29) is 38.5 Å². The molecule has 0 bridgehead atoms. The van der Waals surface area contributed by atoms with Crippen LogP contribution in [0, 0.1) is 0 Å². The van der Waals surface area contributed by atoms with E-state index < -0.39 is 26.3 Å². The van der Waals surface area contributed by atoms with Gasteiger partial charge >= 0.3 is 0 Å². The summed E-state index contributed by atoms with van der Waals surface area (Å²) in [5, 5.41) is 13.9. The first-order valence-corrected chi connectivity index (χ1v) is 14.8. The summed E-state index contributed by atoms with van der Waals surface area (Å²) in [5.74, 6) is 0. The Morgan fingerprint density at radius 3 is 2.29 bits per heavy atom. The molecule has 1 fully saturated rings. The Balaban J connectivity index is 1.53. The van der Waals surface area contributed by atoms with Crippen molar-refractivity contribution < 1.29 is 26.7 Å². The van der Waals surface area contributed by atoms with E-state index in [0.29, 0.717) is 23.2 Å². The molecule has 9 nitrogen and oxygen atoms in total. The molecule has 35 heavy (non-hydrogen) atoms. The minimum atomic E-state index is -3.95. The number of nitrogens with one attached hydrogen (secondary N) is 2. The number of rotatable bonds is 8. The lowest BCUT2D eigenvalue weighted by atomic mass is 10.1. The molecule has 1 aliphatic heterocycles. The second-order valence-electron chi connectivity index (χ2n) is 7.48. The maximum Gasteiger partial charge on any atom is 0.271 e. The maximum atomic E-state index is 12.8. The third-order valence-electron chi connectivity index (χ3n) is 5.13. The van der Waals surface area contributed by atoms with Crippen molar-refractivity contribution in [1.29, 1.82) is 0 Å². The summed E-state index contributed by atoms with van der Waals surface area (Å²) >= 11 is 12.8. The molecule has 3 N–H and O–H groups in total. The molecule has 0 amide bonds. The summed E-state index contributed by atoms with van der Waals surface area (Å²) in [7, 11) is -7.60. The van der Waals surface area contributed by atoms with Crippen LogP contribution in [-0.2, 0) is 24.8 Å². The molecule has 0 radical (unpaired) electrons. The van der Waals surface area contributed by atoms with E-state index in [1.54, 1.807) is 0 Å². The summed E-state index contributed by atoms with van der Waals surface area (Å²) in [5.41, 5.74) is 0.705. The van der Waals surface area contributed by atoms with Crippen LogP contribution in [0.15, 0.2) is 63.7 Å². The molecule has 1 aromatic heterocycles. The van der Waals surface area contributed by atoms with Crippen molar-refractivity contribution in [3.05, 3.63) is 69.5 Å². The predicted octanol–water partition coefficient (Wildman–Crippen LogP) is 3.98. The number of hydrogen-bond donors (Lipinski definition) is 3. The van der Waals surface area contributed by atoms with Crippen molar-refractivity contribution in [2.75, 3.05) is 36.3 Å². The number of halogens is 2. The normalized spacial score (nSPS) is 16.1. The summed E-state index contributed by atoms with van der Waals surface area (Å²) in [6.07, 6.45) is -1.36. The minimum Gasteiger partial charge on any atom is -0.379 e. The first-order valence-electron chi connectivity index (χ1n) is 10.3. The smallest absolute Gasteiger partial charge is 0.271 e. The molecule has 0 spiro atoms. The number of nitrogens with zero attached hydrogens (tertiary/aromatic N) is 1. The predicted molar refractivity (Wildman–Crippen MR) is 136 cm³/mol. The third kappa shape index (κ3) is 6.09. The first-order chi connectivity index (χ1) is 16.6. The van der Waals surface area contributed by atoms with Crippen molar-refractivity contribution >= 4 is 66.0 Å². The Labute approximate surface area is 217 Å². The van der Waals surface area contributed by atoms with Crippen LogP contribution in [0.4, 0.5) is 11.4 Å². The Bertz CT molecular complexity index is 1410. The van der Waals surface area contributed by atoms with E-state index in [2.05, 4.69) is 10.0 Å². The van der Waals surface area contributed by atoms with Gasteiger partial charge in [0.1, 0.15) is 4.21 Å². The average Bonchev–Trinajstić information content (AvgIpc) is 3.28. The van der Waals surface area contributed by atoms with Crippen molar-refractivity contribution in [1.82, 2.24) is 4.31 Å². The molecule has 4 rings (SSSR count). The van der Waals surface area contributed by atoms with Gasteiger partial charge < -0.3 is 15.2 Å². The summed E-state index contributed by atoms with van der Waals surface area (Å²) < 4.78 is 60.4. The van der Waals surface area contributed by atoms with Gasteiger partial charge in [-0.15, -0.1) is 11.3 Å². The molecular weight excluding hydrogens is 557 g/mol. The van der Waals surface area contributed by atoms with Crippen LogP contribution < -0.4 is 10.0 Å². The average molecular weight is 579 g/mol. The number of hydrogen-bond acceptors (Lipinski definition) is 8. The number of aliphatic hydroxyl groups excluding tert-OH is 1. The van der Waals surface area contributed by atoms with Crippen LogP contribution in [0.25, 0.3) is 0 Å². The Morgan fingerprint density at radius 2 is 1.66 bits per heavy atom. The maximum absolute atomic E-state index is 12.8. The van der Waals surface area contributed by atoms with Crippen LogP contribution in [0.2, 0.25) is 9.36 Å². The van der Waals surface area contributed by atoms with Gasteiger partial charge in [0.15, 0.2) is 6.23 Å². The second kappa shape index (κ2) is 10.6.